The number of hydrogen-bond acceptors (Lipinski definition) is 2. The molecule has 0 spiro atoms. The third kappa shape index (κ3) is 4.29. The third-order valence-corrected chi connectivity index (χ3v) is 4.29. The molecule has 1 N–H and O–H groups in total. The average Bonchev–Trinajstić information content (AvgIpc) is 2.57. The van der Waals surface area contributed by atoms with Gasteiger partial charge in [0.2, 0.25) is 10.0 Å². The van der Waals surface area contributed by atoms with Gasteiger partial charge in [-0.3, -0.25) is 0 Å². The number of halogens is 1. The predicted molar refractivity (Wildman–Crippen MR) is 54.2 cm³/mol. The first-order valence-corrected chi connectivity index (χ1v) is 6.86. The van der Waals surface area contributed by atoms with Crippen molar-refractivity contribution in [1.29, 1.82) is 0 Å². The molecule has 5 heteroatoms. The van der Waals surface area contributed by atoms with Crippen molar-refractivity contribution in [1.82, 2.24) is 4.72 Å². The van der Waals surface area contributed by atoms with E-state index in [0.717, 1.165) is 12.3 Å². The largest absolute Gasteiger partial charge is 0.225 e. The molecule has 0 atom stereocenters. The summed E-state index contributed by atoms with van der Waals surface area (Å²) in [6.07, 6.45) is 6.06. The summed E-state index contributed by atoms with van der Waals surface area (Å²) in [6, 6.07) is 0. The molecule has 78 valence electrons. The maximum atomic E-state index is 10.9. The van der Waals surface area contributed by atoms with E-state index in [2.05, 4.69) is 4.72 Å². The summed E-state index contributed by atoms with van der Waals surface area (Å²) in [7, 11) is -3.20. The van der Waals surface area contributed by atoms with Gasteiger partial charge in [-0.15, -0.1) is 11.6 Å². The summed E-state index contributed by atoms with van der Waals surface area (Å²) in [5.74, 6) is 0.720. The van der Waals surface area contributed by atoms with E-state index < -0.39 is 10.0 Å². The van der Waals surface area contributed by atoms with Gasteiger partial charge in [0.25, 0.3) is 0 Å². The van der Waals surface area contributed by atoms with Gasteiger partial charge >= 0.3 is 0 Å². The zero-order valence-corrected chi connectivity index (χ0v) is 9.20. The van der Waals surface area contributed by atoms with Gasteiger partial charge in [-0.05, 0) is 12.3 Å². The first kappa shape index (κ1) is 11.3. The van der Waals surface area contributed by atoms with Crippen LogP contribution in [-0.4, -0.2) is 20.2 Å². The molecule has 0 aliphatic heterocycles. The predicted octanol–water partition coefficient (Wildman–Crippen LogP) is 1.68. The fraction of sp³-hybridized carbons (Fsp3) is 1.00. The van der Waals surface area contributed by atoms with Crippen molar-refractivity contribution in [3.8, 4) is 0 Å². The van der Waals surface area contributed by atoms with E-state index >= 15 is 0 Å². The fourth-order valence-electron chi connectivity index (χ4n) is 1.76. The van der Waals surface area contributed by atoms with Crippen molar-refractivity contribution in [2.24, 2.45) is 5.92 Å². The normalized spacial score (nSPS) is 19.5. The van der Waals surface area contributed by atoms with Crippen LogP contribution in [0, 0.1) is 5.92 Å². The Hall–Kier alpha value is 0.200. The molecule has 13 heavy (non-hydrogen) atoms. The van der Waals surface area contributed by atoms with Crippen LogP contribution in [0.3, 0.4) is 0 Å². The number of sulfonamides is 1. The molecule has 0 saturated heterocycles. The Morgan fingerprint density at radius 2 is 1.92 bits per heavy atom. The van der Waals surface area contributed by atoms with Crippen molar-refractivity contribution in [2.75, 3.05) is 11.8 Å². The molecular formula is C8H16ClNO2S. The van der Waals surface area contributed by atoms with E-state index in [1.807, 2.05) is 0 Å². The highest BCUT2D eigenvalue weighted by atomic mass is 35.5. The summed E-state index contributed by atoms with van der Waals surface area (Å²) in [5.41, 5.74) is 0. The molecule has 0 bridgehead atoms. The Bertz CT molecular complexity index is 235. The molecule has 0 unspecified atom stereocenters. The Morgan fingerprint density at radius 1 is 1.31 bits per heavy atom. The maximum Gasteiger partial charge on any atom is 0.225 e. The fourth-order valence-corrected chi connectivity index (χ4v) is 2.49. The van der Waals surface area contributed by atoms with Crippen LogP contribution in [0.25, 0.3) is 0 Å². The molecule has 1 aliphatic carbocycles. The zero-order chi connectivity index (χ0) is 9.73. The highest BCUT2D eigenvalue weighted by Crippen LogP contribution is 2.26. The average molecular weight is 226 g/mol. The van der Waals surface area contributed by atoms with Crippen LogP contribution in [-0.2, 0) is 10.0 Å². The lowest BCUT2D eigenvalue weighted by Crippen LogP contribution is -2.26. The second kappa shape index (κ2) is 5.17. The topological polar surface area (TPSA) is 46.2 Å². The van der Waals surface area contributed by atoms with Crippen molar-refractivity contribution in [3.05, 3.63) is 0 Å². The van der Waals surface area contributed by atoms with E-state index in [0.29, 0.717) is 6.54 Å². The molecule has 0 radical (unpaired) electrons. The highest BCUT2D eigenvalue weighted by molar-refractivity contribution is 7.90. The highest BCUT2D eigenvalue weighted by Gasteiger charge is 2.15. The molecule has 3 nitrogen and oxygen atoms in total. The van der Waals surface area contributed by atoms with Gasteiger partial charge < -0.3 is 0 Å². The van der Waals surface area contributed by atoms with Crippen molar-refractivity contribution in [3.63, 3.8) is 0 Å². The maximum absolute atomic E-state index is 10.9. The first-order chi connectivity index (χ1) is 6.14. The monoisotopic (exact) mass is 225 g/mol. The lowest BCUT2D eigenvalue weighted by atomic mass is 10.1. The van der Waals surface area contributed by atoms with Crippen LogP contribution < -0.4 is 4.72 Å². The molecule has 0 aromatic heterocycles. The van der Waals surface area contributed by atoms with E-state index in [9.17, 15) is 8.42 Å². The minimum Gasteiger partial charge on any atom is -0.214 e. The van der Waals surface area contributed by atoms with Gasteiger partial charge in [0.05, 0.1) is 0 Å². The van der Waals surface area contributed by atoms with Crippen molar-refractivity contribution >= 4 is 21.6 Å². The van der Waals surface area contributed by atoms with Gasteiger partial charge in [-0.2, -0.15) is 0 Å². The van der Waals surface area contributed by atoms with Crippen LogP contribution >= 0.6 is 11.6 Å². The number of rotatable bonds is 5. The van der Waals surface area contributed by atoms with Gasteiger partial charge in [-0.25, -0.2) is 13.1 Å². The van der Waals surface area contributed by atoms with Crippen LogP contribution in [0.2, 0.25) is 0 Å². The van der Waals surface area contributed by atoms with Gasteiger partial charge in [0.1, 0.15) is 5.21 Å². The van der Waals surface area contributed by atoms with Crippen molar-refractivity contribution in [2.45, 2.75) is 32.1 Å². The minimum absolute atomic E-state index is 0.336. The molecular weight excluding hydrogens is 210 g/mol. The summed E-state index contributed by atoms with van der Waals surface area (Å²) in [4.78, 5) is 0. The Labute approximate surface area is 84.9 Å². The van der Waals surface area contributed by atoms with Crippen LogP contribution in [0.1, 0.15) is 32.1 Å². The molecule has 0 amide bonds. The summed E-state index contributed by atoms with van der Waals surface area (Å²) in [5, 5.41) is -0.336. The minimum atomic E-state index is -3.20. The second-order valence-corrected chi connectivity index (χ2v) is 5.95. The quantitative estimate of drug-likeness (QED) is 0.724. The molecule has 1 aliphatic rings. The molecule has 1 rings (SSSR count). The first-order valence-electron chi connectivity index (χ1n) is 4.67. The number of alkyl halides is 1. The van der Waals surface area contributed by atoms with E-state index in [4.69, 9.17) is 11.6 Å². The van der Waals surface area contributed by atoms with Crippen molar-refractivity contribution < 1.29 is 8.42 Å². The SMILES string of the molecule is O=S(=O)(CCl)NCCC1CCCC1. The Kier molecular flexibility index (Phi) is 4.49. The number of hydrogen-bond donors (Lipinski definition) is 1. The van der Waals surface area contributed by atoms with E-state index in [1.54, 1.807) is 0 Å². The molecule has 0 aromatic rings. The summed E-state index contributed by atoms with van der Waals surface area (Å²) >= 11 is 5.24. The van der Waals surface area contributed by atoms with Crippen LogP contribution in [0.15, 0.2) is 0 Å². The zero-order valence-electron chi connectivity index (χ0n) is 7.63. The molecule has 0 aromatic carbocycles. The van der Waals surface area contributed by atoms with Gasteiger partial charge in [0, 0.05) is 6.54 Å². The Morgan fingerprint density at radius 3 is 2.46 bits per heavy atom. The van der Waals surface area contributed by atoms with Crippen LogP contribution in [0.5, 0.6) is 0 Å². The standard InChI is InChI=1S/C8H16ClNO2S/c9-7-13(11,12)10-6-5-8-3-1-2-4-8/h8,10H,1-7H2. The molecule has 1 saturated carbocycles. The third-order valence-electron chi connectivity index (χ3n) is 2.49. The van der Waals surface area contributed by atoms with Gasteiger partial charge in [0.15, 0.2) is 0 Å². The smallest absolute Gasteiger partial charge is 0.214 e. The van der Waals surface area contributed by atoms with E-state index in [-0.39, 0.29) is 5.21 Å². The summed E-state index contributed by atoms with van der Waals surface area (Å²) in [6.45, 7) is 0.541. The molecule has 0 heterocycles. The summed E-state index contributed by atoms with van der Waals surface area (Å²) < 4.78 is 24.3. The second-order valence-electron chi connectivity index (χ2n) is 3.56. The molecule has 1 fully saturated rings. The lowest BCUT2D eigenvalue weighted by molar-refractivity contribution is 0.496. The lowest BCUT2D eigenvalue weighted by Gasteiger charge is -2.08. The number of nitrogens with one attached hydrogen (secondary N) is 1. The van der Waals surface area contributed by atoms with Crippen LogP contribution in [0.4, 0.5) is 0 Å². The Balaban J connectivity index is 2.13. The van der Waals surface area contributed by atoms with E-state index in [1.165, 1.54) is 25.7 Å². The van der Waals surface area contributed by atoms with Gasteiger partial charge in [-0.1, -0.05) is 25.7 Å².